The van der Waals surface area contributed by atoms with Gasteiger partial charge >= 0.3 is 0 Å². The molecule has 13 rings (SSSR count). The van der Waals surface area contributed by atoms with Crippen molar-refractivity contribution >= 4 is 89.4 Å². The topological polar surface area (TPSA) is 6.48 Å². The summed E-state index contributed by atoms with van der Waals surface area (Å²) in [6.07, 6.45) is 4.47. The SMILES string of the molecule is C1=Cc2ccc(-c3cc(N(c4ccccc4)c4ccc(-c5ccc(N(c6ccccc6)c6cc(-c7cccc8ccccc78)cc7ccccc67)cc5)cc4)c4ccccc4c3)c3cccc1c23. The minimum Gasteiger partial charge on any atom is -0.310 e. The number of rotatable bonds is 9. The van der Waals surface area contributed by atoms with E-state index in [1.807, 2.05) is 0 Å². The summed E-state index contributed by atoms with van der Waals surface area (Å²) in [5.74, 6) is 0. The fourth-order valence-corrected chi connectivity index (χ4v) is 10.5. The smallest absolute Gasteiger partial charge is 0.0546 e. The fourth-order valence-electron chi connectivity index (χ4n) is 10.5. The Morgan fingerprint density at radius 1 is 0.235 bits per heavy atom. The van der Waals surface area contributed by atoms with Crippen molar-refractivity contribution in [2.45, 2.75) is 0 Å². The van der Waals surface area contributed by atoms with E-state index < -0.39 is 0 Å². The van der Waals surface area contributed by atoms with E-state index >= 15 is 0 Å². The average molecular weight is 865 g/mol. The average Bonchev–Trinajstić information content (AvgIpc) is 3.84. The van der Waals surface area contributed by atoms with E-state index in [0.29, 0.717) is 0 Å². The molecule has 0 saturated carbocycles. The van der Waals surface area contributed by atoms with Gasteiger partial charge in [0.05, 0.1) is 11.4 Å². The Balaban J connectivity index is 0.895. The van der Waals surface area contributed by atoms with Crippen LogP contribution in [0.5, 0.6) is 0 Å². The molecule has 12 aromatic carbocycles. The van der Waals surface area contributed by atoms with Gasteiger partial charge in [0.25, 0.3) is 0 Å². The third-order valence-electron chi connectivity index (χ3n) is 13.7. The van der Waals surface area contributed by atoms with Crippen LogP contribution in [0.3, 0.4) is 0 Å². The Hall–Kier alpha value is -8.98. The zero-order valence-electron chi connectivity index (χ0n) is 37.3. The van der Waals surface area contributed by atoms with E-state index in [0.717, 1.165) is 45.3 Å². The van der Waals surface area contributed by atoms with Gasteiger partial charge in [0, 0.05) is 33.5 Å². The normalized spacial score (nSPS) is 11.8. The van der Waals surface area contributed by atoms with E-state index in [1.54, 1.807) is 0 Å². The zero-order chi connectivity index (χ0) is 45.0. The number of fused-ring (bicyclic) bond motifs is 3. The number of benzene rings is 12. The molecule has 0 unspecified atom stereocenters. The minimum atomic E-state index is 1.09. The number of anilines is 6. The van der Waals surface area contributed by atoms with Crippen LogP contribution in [0.1, 0.15) is 11.1 Å². The first-order valence-electron chi connectivity index (χ1n) is 23.4. The maximum absolute atomic E-state index is 2.41. The summed E-state index contributed by atoms with van der Waals surface area (Å²) in [5, 5.41) is 9.90. The summed E-state index contributed by atoms with van der Waals surface area (Å²) >= 11 is 0. The van der Waals surface area contributed by atoms with Crippen molar-refractivity contribution in [1.82, 2.24) is 0 Å². The van der Waals surface area contributed by atoms with Crippen LogP contribution >= 0.6 is 0 Å². The van der Waals surface area contributed by atoms with E-state index in [2.05, 4.69) is 277 Å². The lowest BCUT2D eigenvalue weighted by Gasteiger charge is -2.28. The van der Waals surface area contributed by atoms with Crippen molar-refractivity contribution in [1.29, 1.82) is 0 Å². The summed E-state index contributed by atoms with van der Waals surface area (Å²) in [4.78, 5) is 4.81. The monoisotopic (exact) mass is 864 g/mol. The molecule has 0 spiro atoms. The van der Waals surface area contributed by atoms with Crippen molar-refractivity contribution in [2.75, 3.05) is 9.80 Å². The molecule has 0 bridgehead atoms. The van der Waals surface area contributed by atoms with Crippen molar-refractivity contribution in [2.24, 2.45) is 0 Å². The molecule has 0 amide bonds. The van der Waals surface area contributed by atoms with Crippen LogP contribution in [0.15, 0.2) is 255 Å². The number of nitrogens with zero attached hydrogens (tertiary/aromatic N) is 2. The van der Waals surface area contributed by atoms with Crippen LogP contribution in [0.4, 0.5) is 34.1 Å². The Morgan fingerprint density at radius 3 is 1.21 bits per heavy atom. The molecule has 0 heterocycles. The standard InChI is InChI=1S/C66H44N2/c1-3-20-54(21-4-1)67(64-43-52(41-50-16-8-11-25-61(50)64)59-27-13-18-47-15-7-10-24-58(47)59)56-36-31-45(32-37-56)46-33-38-57(39-34-46)68(55-22-5-2-6-23-55)65-44-53(42-51-17-9-12-26-62(51)65)60-40-35-49-30-29-48-19-14-28-63(60)66(48)49/h1-44H. The summed E-state index contributed by atoms with van der Waals surface area (Å²) in [6, 6.07) is 93.1. The lowest BCUT2D eigenvalue weighted by Crippen LogP contribution is -2.11. The molecule has 0 fully saturated rings. The van der Waals surface area contributed by atoms with Crippen molar-refractivity contribution in [3.63, 3.8) is 0 Å². The Kier molecular flexibility index (Phi) is 9.54. The van der Waals surface area contributed by atoms with Gasteiger partial charge in [-0.25, -0.2) is 0 Å². The van der Waals surface area contributed by atoms with Crippen LogP contribution in [-0.4, -0.2) is 0 Å². The van der Waals surface area contributed by atoms with Gasteiger partial charge in [0.1, 0.15) is 0 Å². The highest BCUT2D eigenvalue weighted by Crippen LogP contribution is 2.46. The van der Waals surface area contributed by atoms with Crippen LogP contribution < -0.4 is 9.80 Å². The lowest BCUT2D eigenvalue weighted by atomic mass is 9.92. The molecule has 0 aromatic heterocycles. The Labute approximate surface area is 396 Å². The molecule has 12 aromatic rings. The van der Waals surface area contributed by atoms with E-state index in [4.69, 9.17) is 0 Å². The molecule has 68 heavy (non-hydrogen) atoms. The maximum atomic E-state index is 2.41. The number of hydrogen-bond acceptors (Lipinski definition) is 2. The highest BCUT2D eigenvalue weighted by Gasteiger charge is 2.21. The first-order chi connectivity index (χ1) is 33.7. The quantitative estimate of drug-likeness (QED) is 0.143. The molecule has 2 nitrogen and oxygen atoms in total. The van der Waals surface area contributed by atoms with Gasteiger partial charge < -0.3 is 9.80 Å². The predicted molar refractivity (Wildman–Crippen MR) is 291 cm³/mol. The highest BCUT2D eigenvalue weighted by molar-refractivity contribution is 6.12. The van der Waals surface area contributed by atoms with Gasteiger partial charge in [-0.2, -0.15) is 0 Å². The molecule has 1 aliphatic carbocycles. The van der Waals surface area contributed by atoms with Crippen LogP contribution in [-0.2, 0) is 0 Å². The van der Waals surface area contributed by atoms with E-state index in [-0.39, 0.29) is 0 Å². The molecule has 0 N–H and O–H groups in total. The predicted octanol–water partition coefficient (Wildman–Crippen LogP) is 18.7. The first kappa shape index (κ1) is 39.4. The molecule has 2 heteroatoms. The van der Waals surface area contributed by atoms with Gasteiger partial charge in [-0.05, 0) is 150 Å². The van der Waals surface area contributed by atoms with Gasteiger partial charge in [0.15, 0.2) is 0 Å². The molecule has 0 atom stereocenters. The minimum absolute atomic E-state index is 1.09. The third-order valence-corrected chi connectivity index (χ3v) is 13.7. The maximum Gasteiger partial charge on any atom is 0.0546 e. The number of hydrogen-bond donors (Lipinski definition) is 0. The molecule has 0 radical (unpaired) electrons. The second-order valence-electron chi connectivity index (χ2n) is 17.7. The fraction of sp³-hybridized carbons (Fsp3) is 0. The highest BCUT2D eigenvalue weighted by atomic mass is 15.1. The van der Waals surface area contributed by atoms with E-state index in [9.17, 15) is 0 Å². The second-order valence-corrected chi connectivity index (χ2v) is 17.7. The molecule has 318 valence electrons. The van der Waals surface area contributed by atoms with Gasteiger partial charge in [-0.1, -0.05) is 194 Å². The Morgan fingerprint density at radius 2 is 0.647 bits per heavy atom. The first-order valence-corrected chi connectivity index (χ1v) is 23.4. The third kappa shape index (κ3) is 6.82. The number of para-hydroxylation sites is 2. The van der Waals surface area contributed by atoms with E-state index in [1.165, 1.54) is 76.5 Å². The summed E-state index contributed by atoms with van der Waals surface area (Å²) in [6.45, 7) is 0. The van der Waals surface area contributed by atoms with Crippen molar-refractivity contribution in [3.8, 4) is 33.4 Å². The zero-order valence-corrected chi connectivity index (χ0v) is 37.3. The van der Waals surface area contributed by atoms with Crippen LogP contribution in [0.25, 0.3) is 88.6 Å². The molecule has 0 aliphatic heterocycles. The van der Waals surface area contributed by atoms with Gasteiger partial charge in [0.2, 0.25) is 0 Å². The molecule has 0 saturated heterocycles. The summed E-state index contributed by atoms with van der Waals surface area (Å²) in [7, 11) is 0. The van der Waals surface area contributed by atoms with Crippen molar-refractivity contribution < 1.29 is 0 Å². The molecular formula is C66H44N2. The van der Waals surface area contributed by atoms with Gasteiger partial charge in [-0.15, -0.1) is 0 Å². The molecular weight excluding hydrogens is 821 g/mol. The molecule has 1 aliphatic rings. The summed E-state index contributed by atoms with van der Waals surface area (Å²) in [5.41, 5.74) is 16.4. The Bertz CT molecular complexity index is 3870. The van der Waals surface area contributed by atoms with Crippen LogP contribution in [0.2, 0.25) is 0 Å². The lowest BCUT2D eigenvalue weighted by molar-refractivity contribution is 1.29. The van der Waals surface area contributed by atoms with Crippen molar-refractivity contribution in [3.05, 3.63) is 266 Å². The largest absolute Gasteiger partial charge is 0.310 e. The summed E-state index contributed by atoms with van der Waals surface area (Å²) < 4.78 is 0. The second kappa shape index (κ2) is 16.5. The van der Waals surface area contributed by atoms with Gasteiger partial charge in [-0.3, -0.25) is 0 Å². The van der Waals surface area contributed by atoms with Crippen LogP contribution in [0, 0.1) is 0 Å².